The molecule has 4 nitrogen and oxygen atoms in total. The van der Waals surface area contributed by atoms with Crippen LogP contribution < -0.4 is 14.8 Å². The van der Waals surface area contributed by atoms with Gasteiger partial charge in [0.2, 0.25) is 0 Å². The minimum Gasteiger partial charge on any atom is -0.493 e. The van der Waals surface area contributed by atoms with E-state index < -0.39 is 0 Å². The van der Waals surface area contributed by atoms with Gasteiger partial charge >= 0.3 is 0 Å². The van der Waals surface area contributed by atoms with E-state index in [2.05, 4.69) is 52.4 Å². The minimum absolute atomic E-state index is 0.505. The Morgan fingerprint density at radius 1 is 1.08 bits per heavy atom. The SMILES string of the molecule is COCCCNCc1cc(Br)c(OCc2cccc(C)c2)c(OC)c1. The standard InChI is InChI=1S/C20H26BrNO3/c1-15-6-4-7-16(10-15)14-25-20-18(21)11-17(12-19(20)24-3)13-22-8-5-9-23-2/h4,6-7,10-12,22H,5,8-9,13-14H2,1-3H3. The summed E-state index contributed by atoms with van der Waals surface area (Å²) in [7, 11) is 3.38. The Balaban J connectivity index is 2.00. The van der Waals surface area contributed by atoms with Crippen LogP contribution in [0.15, 0.2) is 40.9 Å². The molecule has 0 aromatic heterocycles. The number of rotatable bonds is 10. The molecule has 0 amide bonds. The van der Waals surface area contributed by atoms with Crippen molar-refractivity contribution in [2.45, 2.75) is 26.5 Å². The molecule has 5 heteroatoms. The average molecular weight is 408 g/mol. The van der Waals surface area contributed by atoms with Gasteiger partial charge in [-0.3, -0.25) is 0 Å². The third-order valence-corrected chi connectivity index (χ3v) is 4.38. The number of ether oxygens (including phenoxy) is 3. The van der Waals surface area contributed by atoms with Crippen molar-refractivity contribution < 1.29 is 14.2 Å². The quantitative estimate of drug-likeness (QED) is 0.589. The van der Waals surface area contributed by atoms with E-state index in [1.54, 1.807) is 14.2 Å². The second kappa shape index (κ2) is 10.4. The molecule has 0 saturated heterocycles. The van der Waals surface area contributed by atoms with E-state index in [4.69, 9.17) is 14.2 Å². The molecule has 0 fully saturated rings. The van der Waals surface area contributed by atoms with E-state index in [0.29, 0.717) is 6.61 Å². The topological polar surface area (TPSA) is 39.7 Å². The molecule has 2 aromatic carbocycles. The maximum absolute atomic E-state index is 6.00. The van der Waals surface area contributed by atoms with Gasteiger partial charge in [0.25, 0.3) is 0 Å². The van der Waals surface area contributed by atoms with Gasteiger partial charge in [0.15, 0.2) is 11.5 Å². The number of benzene rings is 2. The van der Waals surface area contributed by atoms with Gasteiger partial charge < -0.3 is 19.5 Å². The van der Waals surface area contributed by atoms with Gasteiger partial charge in [-0.15, -0.1) is 0 Å². The smallest absolute Gasteiger partial charge is 0.175 e. The van der Waals surface area contributed by atoms with Gasteiger partial charge in [-0.1, -0.05) is 29.8 Å². The molecule has 0 atom stereocenters. The summed E-state index contributed by atoms with van der Waals surface area (Å²) in [5.74, 6) is 1.46. The third kappa shape index (κ3) is 6.34. The Bertz CT molecular complexity index is 676. The lowest BCUT2D eigenvalue weighted by molar-refractivity contribution is 0.194. The largest absolute Gasteiger partial charge is 0.493 e. The molecular weight excluding hydrogens is 382 g/mol. The summed E-state index contributed by atoms with van der Waals surface area (Å²) >= 11 is 3.61. The van der Waals surface area contributed by atoms with Crippen LogP contribution in [0.4, 0.5) is 0 Å². The zero-order valence-corrected chi connectivity index (χ0v) is 16.7. The number of hydrogen-bond acceptors (Lipinski definition) is 4. The van der Waals surface area contributed by atoms with E-state index in [9.17, 15) is 0 Å². The monoisotopic (exact) mass is 407 g/mol. The van der Waals surface area contributed by atoms with Crippen LogP contribution >= 0.6 is 15.9 Å². The predicted molar refractivity (Wildman–Crippen MR) is 104 cm³/mol. The van der Waals surface area contributed by atoms with Crippen molar-refractivity contribution in [3.8, 4) is 11.5 Å². The summed E-state index contributed by atoms with van der Waals surface area (Å²) in [6.07, 6.45) is 0.993. The molecule has 2 rings (SSSR count). The fraction of sp³-hybridized carbons (Fsp3) is 0.400. The molecular formula is C20H26BrNO3. The van der Waals surface area contributed by atoms with Crippen molar-refractivity contribution in [1.29, 1.82) is 0 Å². The maximum Gasteiger partial charge on any atom is 0.175 e. The molecule has 0 aliphatic heterocycles. The lowest BCUT2D eigenvalue weighted by Gasteiger charge is -2.15. The fourth-order valence-corrected chi connectivity index (χ4v) is 3.15. The maximum atomic E-state index is 6.00. The Hall–Kier alpha value is -1.56. The van der Waals surface area contributed by atoms with Gasteiger partial charge in [0.05, 0.1) is 11.6 Å². The van der Waals surface area contributed by atoms with Crippen molar-refractivity contribution in [2.75, 3.05) is 27.4 Å². The molecule has 0 bridgehead atoms. The third-order valence-electron chi connectivity index (χ3n) is 3.79. The lowest BCUT2D eigenvalue weighted by atomic mass is 10.1. The van der Waals surface area contributed by atoms with Crippen LogP contribution in [0.5, 0.6) is 11.5 Å². The molecule has 0 radical (unpaired) electrons. The Morgan fingerprint density at radius 3 is 2.64 bits per heavy atom. The fourth-order valence-electron chi connectivity index (χ4n) is 2.55. The first-order valence-corrected chi connectivity index (χ1v) is 9.17. The van der Waals surface area contributed by atoms with Gasteiger partial charge in [-0.2, -0.15) is 0 Å². The first-order valence-electron chi connectivity index (χ1n) is 8.38. The summed E-state index contributed by atoms with van der Waals surface area (Å²) < 4.78 is 17.5. The highest BCUT2D eigenvalue weighted by Gasteiger charge is 2.12. The average Bonchev–Trinajstić information content (AvgIpc) is 2.60. The normalized spacial score (nSPS) is 10.7. The van der Waals surface area contributed by atoms with Crippen LogP contribution in [0.2, 0.25) is 0 Å². The zero-order chi connectivity index (χ0) is 18.1. The Morgan fingerprint density at radius 2 is 1.92 bits per heavy atom. The van der Waals surface area contributed by atoms with Crippen LogP contribution in [-0.4, -0.2) is 27.4 Å². The summed E-state index contributed by atoms with van der Waals surface area (Å²) in [5, 5.41) is 3.40. The van der Waals surface area contributed by atoms with E-state index >= 15 is 0 Å². The lowest BCUT2D eigenvalue weighted by Crippen LogP contribution is -2.16. The van der Waals surface area contributed by atoms with Crippen molar-refractivity contribution in [1.82, 2.24) is 5.32 Å². The summed E-state index contributed by atoms with van der Waals surface area (Å²) in [5.41, 5.74) is 3.50. The number of methoxy groups -OCH3 is 2. The molecule has 25 heavy (non-hydrogen) atoms. The van der Waals surface area contributed by atoms with Crippen LogP contribution in [-0.2, 0) is 17.9 Å². The number of halogens is 1. The predicted octanol–water partition coefficient (Wildman–Crippen LogP) is 4.47. The van der Waals surface area contributed by atoms with Crippen LogP contribution in [0.1, 0.15) is 23.1 Å². The highest BCUT2D eigenvalue weighted by atomic mass is 79.9. The number of nitrogens with one attached hydrogen (secondary N) is 1. The van der Waals surface area contributed by atoms with Gasteiger partial charge in [0, 0.05) is 20.3 Å². The van der Waals surface area contributed by atoms with E-state index in [-0.39, 0.29) is 0 Å². The van der Waals surface area contributed by atoms with E-state index in [0.717, 1.165) is 53.2 Å². The van der Waals surface area contributed by atoms with Gasteiger partial charge in [-0.25, -0.2) is 0 Å². The molecule has 0 aliphatic carbocycles. The second-order valence-corrected chi connectivity index (χ2v) is 6.76. The molecule has 1 N–H and O–H groups in total. The molecule has 0 aliphatic rings. The van der Waals surface area contributed by atoms with Crippen molar-refractivity contribution in [2.24, 2.45) is 0 Å². The first-order chi connectivity index (χ1) is 12.1. The van der Waals surface area contributed by atoms with Gasteiger partial charge in [-0.05, 0) is 59.1 Å². The minimum atomic E-state index is 0.505. The highest BCUT2D eigenvalue weighted by Crippen LogP contribution is 2.37. The first kappa shape index (κ1) is 19.8. The Labute approximate surface area is 158 Å². The molecule has 0 spiro atoms. The van der Waals surface area contributed by atoms with Crippen LogP contribution in [0.3, 0.4) is 0 Å². The molecule has 0 saturated carbocycles. The van der Waals surface area contributed by atoms with Crippen LogP contribution in [0, 0.1) is 6.92 Å². The number of hydrogen-bond donors (Lipinski definition) is 1. The summed E-state index contributed by atoms with van der Waals surface area (Å²) in [6, 6.07) is 12.4. The molecule has 136 valence electrons. The number of aryl methyl sites for hydroxylation is 1. The van der Waals surface area contributed by atoms with Crippen LogP contribution in [0.25, 0.3) is 0 Å². The summed E-state index contributed by atoms with van der Waals surface area (Å²) in [6.45, 7) is 5.04. The molecule has 2 aromatic rings. The van der Waals surface area contributed by atoms with Crippen molar-refractivity contribution >= 4 is 15.9 Å². The van der Waals surface area contributed by atoms with Crippen molar-refractivity contribution in [3.05, 3.63) is 57.6 Å². The van der Waals surface area contributed by atoms with Gasteiger partial charge in [0.1, 0.15) is 6.61 Å². The Kier molecular flexibility index (Phi) is 8.25. The zero-order valence-electron chi connectivity index (χ0n) is 15.1. The highest BCUT2D eigenvalue weighted by molar-refractivity contribution is 9.10. The molecule has 0 unspecified atom stereocenters. The van der Waals surface area contributed by atoms with Crippen molar-refractivity contribution in [3.63, 3.8) is 0 Å². The molecule has 0 heterocycles. The van der Waals surface area contributed by atoms with E-state index in [1.807, 2.05) is 12.1 Å². The van der Waals surface area contributed by atoms with E-state index in [1.165, 1.54) is 5.56 Å². The summed E-state index contributed by atoms with van der Waals surface area (Å²) in [4.78, 5) is 0. The second-order valence-electron chi connectivity index (χ2n) is 5.91.